The molecule has 2 rings (SSSR count). The number of methoxy groups -OCH3 is 1. The number of fused-ring (bicyclic) bond motifs is 1. The maximum absolute atomic E-state index is 5.61. The third kappa shape index (κ3) is 3.19. The van der Waals surface area contributed by atoms with E-state index in [-0.39, 0.29) is 0 Å². The summed E-state index contributed by atoms with van der Waals surface area (Å²) < 4.78 is 4.25. The van der Waals surface area contributed by atoms with Gasteiger partial charge in [0.1, 0.15) is 0 Å². The molecule has 4 heteroatoms. The van der Waals surface area contributed by atoms with Gasteiger partial charge in [-0.25, -0.2) is 0 Å². The number of nitrogens with two attached hydrogens (primary N) is 1. The molecule has 1 heterocycles. The van der Waals surface area contributed by atoms with Gasteiger partial charge in [-0.05, 0) is 12.8 Å². The Labute approximate surface area is 84.1 Å². The Balaban J connectivity index is 0.000000251. The minimum Gasteiger partial charge on any atom is -0.388 e. The maximum atomic E-state index is 5.61. The molecule has 1 aliphatic heterocycles. The van der Waals surface area contributed by atoms with Crippen LogP contribution in [0.25, 0.3) is 0 Å². The van der Waals surface area contributed by atoms with E-state index in [2.05, 4.69) is 9.73 Å². The fourth-order valence-electron chi connectivity index (χ4n) is 1.71. The lowest BCUT2D eigenvalue weighted by atomic mass is 9.96. The van der Waals surface area contributed by atoms with Crippen molar-refractivity contribution in [2.75, 3.05) is 14.2 Å². The Hall–Kier alpha value is -0.220. The summed E-state index contributed by atoms with van der Waals surface area (Å²) in [6.07, 6.45) is 5.30. The lowest BCUT2D eigenvalue weighted by Crippen LogP contribution is -2.21. The zero-order valence-electron chi connectivity index (χ0n) is 8.32. The van der Waals surface area contributed by atoms with Crippen LogP contribution in [0.1, 0.15) is 25.7 Å². The van der Waals surface area contributed by atoms with Gasteiger partial charge in [-0.3, -0.25) is 4.99 Å². The first-order chi connectivity index (χ1) is 6.27. The van der Waals surface area contributed by atoms with Gasteiger partial charge in [-0.2, -0.15) is 0 Å². The van der Waals surface area contributed by atoms with E-state index in [4.69, 9.17) is 5.73 Å². The first kappa shape index (κ1) is 10.9. The third-order valence-electron chi connectivity index (χ3n) is 2.23. The van der Waals surface area contributed by atoms with Crippen LogP contribution < -0.4 is 5.73 Å². The Kier molecular flexibility index (Phi) is 4.59. The highest BCUT2D eigenvalue weighted by Crippen LogP contribution is 2.35. The second-order valence-corrected chi connectivity index (χ2v) is 4.64. The number of ether oxygens (including phenoxy) is 1. The fraction of sp³-hybridized carbons (Fsp3) is 0.889. The highest BCUT2D eigenvalue weighted by Gasteiger charge is 2.30. The van der Waals surface area contributed by atoms with Crippen LogP contribution >= 0.6 is 11.8 Å². The summed E-state index contributed by atoms with van der Waals surface area (Å²) in [6.45, 7) is 0. The van der Waals surface area contributed by atoms with Crippen molar-refractivity contribution in [1.29, 1.82) is 0 Å². The number of nitrogens with zero attached hydrogens (tertiary/aromatic N) is 1. The zero-order chi connectivity index (χ0) is 9.68. The number of rotatable bonds is 0. The topological polar surface area (TPSA) is 47.6 Å². The molecule has 13 heavy (non-hydrogen) atoms. The number of aliphatic imine (C=N–C) groups is 1. The average molecular weight is 202 g/mol. The van der Waals surface area contributed by atoms with E-state index >= 15 is 0 Å². The molecular formula is C9H18N2OS. The molecule has 1 aliphatic carbocycles. The summed E-state index contributed by atoms with van der Waals surface area (Å²) in [5.41, 5.74) is 5.61. The van der Waals surface area contributed by atoms with E-state index in [0.29, 0.717) is 6.04 Å². The van der Waals surface area contributed by atoms with E-state index in [1.165, 1.54) is 25.7 Å². The van der Waals surface area contributed by atoms with Crippen LogP contribution in [0, 0.1) is 0 Å². The summed E-state index contributed by atoms with van der Waals surface area (Å²) in [5, 5.41) is 1.55. The van der Waals surface area contributed by atoms with E-state index < -0.39 is 0 Å². The Morgan fingerprint density at radius 3 is 2.62 bits per heavy atom. The first-order valence-corrected chi connectivity index (χ1v) is 5.56. The van der Waals surface area contributed by atoms with Crippen LogP contribution in [0.5, 0.6) is 0 Å². The van der Waals surface area contributed by atoms with Gasteiger partial charge in [0, 0.05) is 19.5 Å². The summed E-state index contributed by atoms with van der Waals surface area (Å²) in [5.74, 6) is 0. The van der Waals surface area contributed by atoms with Crippen LogP contribution in [0.2, 0.25) is 0 Å². The second-order valence-electron chi connectivity index (χ2n) is 3.38. The molecule has 76 valence electrons. The predicted molar refractivity (Wildman–Crippen MR) is 58.2 cm³/mol. The van der Waals surface area contributed by atoms with Crippen molar-refractivity contribution >= 4 is 16.9 Å². The Morgan fingerprint density at radius 1 is 1.38 bits per heavy atom. The molecule has 2 N–H and O–H groups in total. The van der Waals surface area contributed by atoms with Gasteiger partial charge in [-0.15, -0.1) is 0 Å². The monoisotopic (exact) mass is 202 g/mol. The van der Waals surface area contributed by atoms with E-state index in [1.807, 2.05) is 0 Å². The van der Waals surface area contributed by atoms with Gasteiger partial charge in [0.15, 0.2) is 5.17 Å². The van der Waals surface area contributed by atoms with Crippen molar-refractivity contribution in [3.8, 4) is 0 Å². The summed E-state index contributed by atoms with van der Waals surface area (Å²) in [7, 11) is 3.25. The maximum Gasteiger partial charge on any atom is 0.154 e. The average Bonchev–Trinajstić information content (AvgIpc) is 2.45. The summed E-state index contributed by atoms with van der Waals surface area (Å²) in [6, 6.07) is 0.568. The molecule has 0 radical (unpaired) electrons. The molecule has 2 aliphatic rings. The molecule has 2 unspecified atom stereocenters. The fourth-order valence-corrected chi connectivity index (χ4v) is 2.86. The summed E-state index contributed by atoms with van der Waals surface area (Å²) >= 11 is 1.78. The van der Waals surface area contributed by atoms with Crippen molar-refractivity contribution in [1.82, 2.24) is 0 Å². The van der Waals surface area contributed by atoms with E-state index in [9.17, 15) is 0 Å². The molecule has 0 bridgehead atoms. The molecule has 0 spiro atoms. The minimum absolute atomic E-state index is 0.568. The van der Waals surface area contributed by atoms with Gasteiger partial charge in [-0.1, -0.05) is 24.6 Å². The minimum atomic E-state index is 0.568. The van der Waals surface area contributed by atoms with Crippen molar-refractivity contribution in [2.45, 2.75) is 37.0 Å². The second kappa shape index (κ2) is 5.50. The molecule has 0 amide bonds. The number of thioether (sulfide) groups is 1. The van der Waals surface area contributed by atoms with Crippen molar-refractivity contribution < 1.29 is 4.74 Å². The smallest absolute Gasteiger partial charge is 0.154 e. The normalized spacial score (nSPS) is 31.4. The lowest BCUT2D eigenvalue weighted by Gasteiger charge is -2.21. The van der Waals surface area contributed by atoms with Gasteiger partial charge in [0.25, 0.3) is 0 Å². The van der Waals surface area contributed by atoms with Crippen LogP contribution in [-0.4, -0.2) is 30.7 Å². The van der Waals surface area contributed by atoms with Gasteiger partial charge in [0.2, 0.25) is 0 Å². The number of amidine groups is 1. The number of hydrogen-bond donors (Lipinski definition) is 1. The Morgan fingerprint density at radius 2 is 2.00 bits per heavy atom. The lowest BCUT2D eigenvalue weighted by molar-refractivity contribution is 0.277. The van der Waals surface area contributed by atoms with Crippen LogP contribution in [0.3, 0.4) is 0 Å². The SMILES string of the molecule is COC.NC1=NC2CCCCC2S1. The highest BCUT2D eigenvalue weighted by molar-refractivity contribution is 8.14. The highest BCUT2D eigenvalue weighted by atomic mass is 32.2. The zero-order valence-corrected chi connectivity index (χ0v) is 9.14. The summed E-state index contributed by atoms with van der Waals surface area (Å²) in [4.78, 5) is 4.37. The van der Waals surface area contributed by atoms with E-state index in [0.717, 1.165) is 10.4 Å². The van der Waals surface area contributed by atoms with E-state index in [1.54, 1.807) is 26.0 Å². The Bertz CT molecular complexity index is 184. The van der Waals surface area contributed by atoms with Crippen LogP contribution in [0.4, 0.5) is 0 Å². The van der Waals surface area contributed by atoms with Crippen LogP contribution in [0.15, 0.2) is 4.99 Å². The van der Waals surface area contributed by atoms with Crippen molar-refractivity contribution in [3.05, 3.63) is 0 Å². The molecule has 1 fully saturated rings. The molecule has 0 aromatic heterocycles. The molecule has 3 nitrogen and oxygen atoms in total. The standard InChI is InChI=1S/C7H12N2S.C2H6O/c8-7-9-5-3-1-2-4-6(5)10-7;1-3-2/h5-6H,1-4H2,(H2,8,9);1-2H3. The van der Waals surface area contributed by atoms with Crippen molar-refractivity contribution in [2.24, 2.45) is 10.7 Å². The molecule has 0 aromatic rings. The molecule has 0 saturated heterocycles. The molecule has 0 aromatic carbocycles. The van der Waals surface area contributed by atoms with Gasteiger partial charge in [0.05, 0.1) is 6.04 Å². The van der Waals surface area contributed by atoms with Crippen LogP contribution in [-0.2, 0) is 4.74 Å². The quantitative estimate of drug-likeness (QED) is 0.649. The van der Waals surface area contributed by atoms with Gasteiger partial charge < -0.3 is 10.5 Å². The van der Waals surface area contributed by atoms with Crippen molar-refractivity contribution in [3.63, 3.8) is 0 Å². The predicted octanol–water partition coefficient (Wildman–Crippen LogP) is 1.62. The molecular weight excluding hydrogens is 184 g/mol. The van der Waals surface area contributed by atoms with Gasteiger partial charge >= 0.3 is 0 Å². The largest absolute Gasteiger partial charge is 0.388 e. The first-order valence-electron chi connectivity index (χ1n) is 4.68. The third-order valence-corrected chi connectivity index (χ3v) is 3.43. The number of hydrogen-bond acceptors (Lipinski definition) is 4. The molecule has 1 saturated carbocycles. The molecule has 2 atom stereocenters.